The molecule has 0 spiro atoms. The van der Waals surface area contributed by atoms with Crippen molar-refractivity contribution in [3.63, 3.8) is 0 Å². The highest BCUT2D eigenvalue weighted by Gasteiger charge is 2.16. The zero-order chi connectivity index (χ0) is 19.2. The highest BCUT2D eigenvalue weighted by Crippen LogP contribution is 2.24. The lowest BCUT2D eigenvalue weighted by atomic mass is 9.98. The van der Waals surface area contributed by atoms with E-state index in [0.29, 0.717) is 0 Å². The molecule has 1 aliphatic rings. The van der Waals surface area contributed by atoms with Gasteiger partial charge in [0.2, 0.25) is 0 Å². The van der Waals surface area contributed by atoms with Gasteiger partial charge in [-0.05, 0) is 61.9 Å². The van der Waals surface area contributed by atoms with Crippen molar-refractivity contribution in [1.82, 2.24) is 5.32 Å². The minimum absolute atomic E-state index is 0.0270. The van der Waals surface area contributed by atoms with Crippen LogP contribution in [0.1, 0.15) is 43.9 Å². The van der Waals surface area contributed by atoms with Crippen LogP contribution in [-0.4, -0.2) is 25.6 Å². The Kier molecular flexibility index (Phi) is 6.38. The number of hydrogen-bond donors (Lipinski definition) is 1. The number of benzene rings is 2. The Labute approximate surface area is 162 Å². The Morgan fingerprint density at radius 2 is 1.81 bits per heavy atom. The second-order valence-corrected chi connectivity index (χ2v) is 7.60. The van der Waals surface area contributed by atoms with Gasteiger partial charge in [0, 0.05) is 18.8 Å². The zero-order valence-corrected chi connectivity index (χ0v) is 16.6. The van der Waals surface area contributed by atoms with E-state index in [2.05, 4.69) is 41.4 Å². The van der Waals surface area contributed by atoms with Gasteiger partial charge in [-0.3, -0.25) is 4.79 Å². The van der Waals surface area contributed by atoms with Gasteiger partial charge in [-0.1, -0.05) is 37.3 Å². The van der Waals surface area contributed by atoms with Gasteiger partial charge < -0.3 is 15.0 Å². The Bertz CT molecular complexity index is 749. The summed E-state index contributed by atoms with van der Waals surface area (Å²) >= 11 is 0. The molecule has 1 fully saturated rings. The summed E-state index contributed by atoms with van der Waals surface area (Å²) in [5.41, 5.74) is 3.40. The second kappa shape index (κ2) is 8.94. The third-order valence-corrected chi connectivity index (χ3v) is 5.37. The minimum Gasteiger partial charge on any atom is -0.484 e. The predicted molar refractivity (Wildman–Crippen MR) is 110 cm³/mol. The van der Waals surface area contributed by atoms with Crippen LogP contribution in [0.25, 0.3) is 0 Å². The zero-order valence-electron chi connectivity index (χ0n) is 16.6. The molecular formula is C23H30N2O2. The number of rotatable bonds is 6. The normalized spacial score (nSPS) is 16.0. The van der Waals surface area contributed by atoms with Crippen molar-refractivity contribution in [2.24, 2.45) is 5.92 Å². The number of nitrogens with one attached hydrogen (secondary N) is 1. The standard InChI is InChI=1S/C23H30N2O2/c1-17-12-14-25(15-13-17)21-10-8-20(9-11-21)19(3)24-23(26)16-27-22-7-5-4-6-18(22)2/h4-11,17,19H,12-16H2,1-3H3,(H,24,26)/t19-/m1/s1. The number of ether oxygens (including phenoxy) is 1. The summed E-state index contributed by atoms with van der Waals surface area (Å²) in [5.74, 6) is 1.47. The molecule has 0 unspecified atom stereocenters. The van der Waals surface area contributed by atoms with Gasteiger partial charge in [0.1, 0.15) is 5.75 Å². The Balaban J connectivity index is 1.50. The molecule has 3 rings (SSSR count). The van der Waals surface area contributed by atoms with Crippen LogP contribution in [0.4, 0.5) is 5.69 Å². The van der Waals surface area contributed by atoms with Crippen LogP contribution in [0.3, 0.4) is 0 Å². The van der Waals surface area contributed by atoms with E-state index in [4.69, 9.17) is 4.74 Å². The fourth-order valence-electron chi connectivity index (χ4n) is 3.47. The van der Waals surface area contributed by atoms with Crippen LogP contribution in [0, 0.1) is 12.8 Å². The molecule has 0 bridgehead atoms. The second-order valence-electron chi connectivity index (χ2n) is 7.60. The van der Waals surface area contributed by atoms with Gasteiger partial charge >= 0.3 is 0 Å². The van der Waals surface area contributed by atoms with Crippen molar-refractivity contribution in [3.05, 3.63) is 59.7 Å². The molecule has 0 saturated carbocycles. The number of amides is 1. The van der Waals surface area contributed by atoms with Gasteiger partial charge in [-0.15, -0.1) is 0 Å². The number of nitrogens with zero attached hydrogens (tertiary/aromatic N) is 1. The third kappa shape index (κ3) is 5.25. The number of aryl methyl sites for hydroxylation is 1. The van der Waals surface area contributed by atoms with E-state index < -0.39 is 0 Å². The van der Waals surface area contributed by atoms with E-state index >= 15 is 0 Å². The minimum atomic E-state index is -0.111. The van der Waals surface area contributed by atoms with Crippen LogP contribution in [-0.2, 0) is 4.79 Å². The predicted octanol–water partition coefficient (Wildman–Crippen LogP) is 4.49. The molecule has 1 saturated heterocycles. The van der Waals surface area contributed by atoms with Gasteiger partial charge in [0.05, 0.1) is 6.04 Å². The molecule has 27 heavy (non-hydrogen) atoms. The van der Waals surface area contributed by atoms with Crippen LogP contribution in [0.5, 0.6) is 5.75 Å². The fourth-order valence-corrected chi connectivity index (χ4v) is 3.47. The molecule has 0 radical (unpaired) electrons. The smallest absolute Gasteiger partial charge is 0.258 e. The molecule has 1 heterocycles. The summed E-state index contributed by atoms with van der Waals surface area (Å²) in [6.45, 7) is 8.59. The highest BCUT2D eigenvalue weighted by atomic mass is 16.5. The molecular weight excluding hydrogens is 336 g/mol. The number of carbonyl (C=O) groups is 1. The molecule has 4 nitrogen and oxygen atoms in total. The monoisotopic (exact) mass is 366 g/mol. The molecule has 4 heteroatoms. The summed E-state index contributed by atoms with van der Waals surface area (Å²) in [6.07, 6.45) is 2.52. The van der Waals surface area contributed by atoms with Crippen molar-refractivity contribution in [2.45, 2.75) is 39.7 Å². The lowest BCUT2D eigenvalue weighted by Crippen LogP contribution is -2.33. The van der Waals surface area contributed by atoms with Crippen molar-refractivity contribution in [1.29, 1.82) is 0 Å². The first-order valence-corrected chi connectivity index (χ1v) is 9.85. The van der Waals surface area contributed by atoms with Crippen molar-refractivity contribution in [2.75, 3.05) is 24.6 Å². The Hall–Kier alpha value is -2.49. The lowest BCUT2D eigenvalue weighted by molar-refractivity contribution is -0.123. The van der Waals surface area contributed by atoms with Crippen LogP contribution < -0.4 is 15.0 Å². The molecule has 2 aromatic rings. The maximum Gasteiger partial charge on any atom is 0.258 e. The lowest BCUT2D eigenvalue weighted by Gasteiger charge is -2.32. The fraction of sp³-hybridized carbons (Fsp3) is 0.435. The molecule has 1 N–H and O–H groups in total. The average molecular weight is 367 g/mol. The third-order valence-electron chi connectivity index (χ3n) is 5.37. The van der Waals surface area contributed by atoms with E-state index in [1.54, 1.807) is 0 Å². The first-order chi connectivity index (χ1) is 13.0. The first-order valence-electron chi connectivity index (χ1n) is 9.85. The van der Waals surface area contributed by atoms with Gasteiger partial charge in [-0.25, -0.2) is 0 Å². The quantitative estimate of drug-likeness (QED) is 0.819. The van der Waals surface area contributed by atoms with Crippen LogP contribution >= 0.6 is 0 Å². The van der Waals surface area contributed by atoms with Gasteiger partial charge in [0.15, 0.2) is 6.61 Å². The summed E-state index contributed by atoms with van der Waals surface area (Å²) in [4.78, 5) is 14.7. The summed E-state index contributed by atoms with van der Waals surface area (Å²) < 4.78 is 5.62. The maximum absolute atomic E-state index is 12.2. The number of hydrogen-bond acceptors (Lipinski definition) is 3. The number of piperidine rings is 1. The molecule has 0 aromatic heterocycles. The Morgan fingerprint density at radius 3 is 2.48 bits per heavy atom. The topological polar surface area (TPSA) is 41.6 Å². The molecule has 144 valence electrons. The highest BCUT2D eigenvalue weighted by molar-refractivity contribution is 5.78. The number of carbonyl (C=O) groups excluding carboxylic acids is 1. The van der Waals surface area contributed by atoms with Crippen LogP contribution in [0.15, 0.2) is 48.5 Å². The SMILES string of the molecule is Cc1ccccc1OCC(=O)N[C@H](C)c1ccc(N2CCC(C)CC2)cc1. The van der Waals surface area contributed by atoms with E-state index in [9.17, 15) is 4.79 Å². The average Bonchev–Trinajstić information content (AvgIpc) is 2.68. The van der Waals surface area contributed by atoms with Crippen LogP contribution in [0.2, 0.25) is 0 Å². The first kappa shape index (κ1) is 19.3. The van der Waals surface area contributed by atoms with E-state index in [0.717, 1.165) is 35.9 Å². The van der Waals surface area contributed by atoms with E-state index in [1.165, 1.54) is 18.5 Å². The van der Waals surface area contributed by atoms with Crippen molar-refractivity contribution in [3.8, 4) is 5.75 Å². The molecule has 1 amide bonds. The number of para-hydroxylation sites is 1. The van der Waals surface area contributed by atoms with Crippen molar-refractivity contribution < 1.29 is 9.53 Å². The van der Waals surface area contributed by atoms with Gasteiger partial charge in [-0.2, -0.15) is 0 Å². The van der Waals surface area contributed by atoms with Gasteiger partial charge in [0.25, 0.3) is 5.91 Å². The van der Waals surface area contributed by atoms with E-state index in [1.807, 2.05) is 38.1 Å². The Morgan fingerprint density at radius 1 is 1.15 bits per heavy atom. The molecule has 1 aliphatic heterocycles. The number of anilines is 1. The maximum atomic E-state index is 12.2. The molecule has 0 aliphatic carbocycles. The summed E-state index contributed by atoms with van der Waals surface area (Å²) in [6, 6.07) is 16.2. The van der Waals surface area contributed by atoms with Crippen molar-refractivity contribution >= 4 is 11.6 Å². The molecule has 1 atom stereocenters. The summed E-state index contributed by atoms with van der Waals surface area (Å²) in [7, 11) is 0. The summed E-state index contributed by atoms with van der Waals surface area (Å²) in [5, 5.41) is 3.01. The largest absolute Gasteiger partial charge is 0.484 e. The molecule has 2 aromatic carbocycles. The van der Waals surface area contributed by atoms with E-state index in [-0.39, 0.29) is 18.6 Å².